The summed E-state index contributed by atoms with van der Waals surface area (Å²) in [5, 5.41) is 9.18. The molecule has 0 amide bonds. The molecule has 7 nitrogen and oxygen atoms in total. The number of hydrogen-bond acceptors (Lipinski definition) is 4. The lowest BCUT2D eigenvalue weighted by molar-refractivity contribution is 0.846. The number of fused-ring (bicyclic) bond motifs is 3. The molecule has 0 spiro atoms. The van der Waals surface area contributed by atoms with Gasteiger partial charge in [-0.05, 0) is 41.9 Å². The predicted octanol–water partition coefficient (Wildman–Crippen LogP) is 6.94. The predicted molar refractivity (Wildman–Crippen MR) is 135 cm³/mol. The van der Waals surface area contributed by atoms with Gasteiger partial charge in [0.15, 0.2) is 0 Å². The van der Waals surface area contributed by atoms with Crippen molar-refractivity contribution in [2.24, 2.45) is 19.2 Å². The standard InChI is InChI=1S/C23H16Cl2N6OS/c1-30-20-6-3-12(21-28-14(11-33-21)10-27-29-26)7-16(20)17-9-18(23(32)31(2)22(17)30)15-5-4-13(24)8-19(15)25/h3-9,11H,10H2,1-2H3. The Kier molecular flexibility index (Phi) is 5.38. The molecule has 0 unspecified atom stereocenters. The fraction of sp³-hybridized carbons (Fsp3) is 0.130. The number of azide groups is 1. The van der Waals surface area contributed by atoms with Crippen molar-refractivity contribution in [2.45, 2.75) is 6.54 Å². The highest BCUT2D eigenvalue weighted by Gasteiger charge is 2.18. The zero-order chi connectivity index (χ0) is 23.3. The van der Waals surface area contributed by atoms with Gasteiger partial charge in [0, 0.05) is 56.9 Å². The SMILES string of the molecule is Cn1c(=O)c(-c2ccc(Cl)cc2Cl)cc2c3cc(-c4nc(CN=[N+]=[N-])cs4)ccc3n(C)c21. The van der Waals surface area contributed by atoms with Crippen molar-refractivity contribution in [1.82, 2.24) is 14.1 Å². The summed E-state index contributed by atoms with van der Waals surface area (Å²) in [6, 6.07) is 13.1. The molecule has 3 aromatic heterocycles. The molecule has 3 heterocycles. The molecule has 0 N–H and O–H groups in total. The second kappa shape index (κ2) is 8.24. The van der Waals surface area contributed by atoms with Crippen LogP contribution >= 0.6 is 34.5 Å². The minimum absolute atomic E-state index is 0.138. The van der Waals surface area contributed by atoms with E-state index in [9.17, 15) is 4.79 Å². The average Bonchev–Trinajstić information content (AvgIpc) is 3.38. The fourth-order valence-corrected chi connectivity index (χ4v) is 5.46. The van der Waals surface area contributed by atoms with Crippen LogP contribution in [0.3, 0.4) is 0 Å². The van der Waals surface area contributed by atoms with Crippen molar-refractivity contribution in [3.05, 3.63) is 84.4 Å². The summed E-state index contributed by atoms with van der Waals surface area (Å²) in [4.78, 5) is 20.6. The molecule has 0 aliphatic rings. The summed E-state index contributed by atoms with van der Waals surface area (Å²) >= 11 is 14.0. The number of halogens is 2. The molecular weight excluding hydrogens is 479 g/mol. The van der Waals surface area contributed by atoms with Crippen molar-refractivity contribution < 1.29 is 0 Å². The van der Waals surface area contributed by atoms with E-state index in [0.29, 0.717) is 21.2 Å². The molecule has 0 saturated heterocycles. The number of aryl methyl sites for hydroxylation is 2. The fourth-order valence-electron chi connectivity index (χ4n) is 4.14. The van der Waals surface area contributed by atoms with E-state index in [-0.39, 0.29) is 12.1 Å². The lowest BCUT2D eigenvalue weighted by atomic mass is 10.0. The van der Waals surface area contributed by atoms with E-state index in [1.165, 1.54) is 11.3 Å². The van der Waals surface area contributed by atoms with E-state index >= 15 is 0 Å². The Morgan fingerprint density at radius 2 is 1.88 bits per heavy atom. The van der Waals surface area contributed by atoms with Crippen LogP contribution in [0.2, 0.25) is 10.0 Å². The van der Waals surface area contributed by atoms with Gasteiger partial charge in [0.25, 0.3) is 5.56 Å². The third-order valence-electron chi connectivity index (χ3n) is 5.66. The van der Waals surface area contributed by atoms with Crippen LogP contribution in [0.5, 0.6) is 0 Å². The Morgan fingerprint density at radius 1 is 1.06 bits per heavy atom. The topological polar surface area (TPSA) is 88.6 Å². The average molecular weight is 495 g/mol. The van der Waals surface area contributed by atoms with Crippen LogP contribution in [-0.4, -0.2) is 14.1 Å². The second-order valence-electron chi connectivity index (χ2n) is 7.61. The van der Waals surface area contributed by atoms with Gasteiger partial charge in [-0.1, -0.05) is 34.4 Å². The molecule has 5 rings (SSSR count). The Labute approximate surface area is 202 Å². The van der Waals surface area contributed by atoms with Crippen molar-refractivity contribution in [3.63, 3.8) is 0 Å². The zero-order valence-electron chi connectivity index (χ0n) is 17.6. The van der Waals surface area contributed by atoms with Gasteiger partial charge in [0.2, 0.25) is 0 Å². The highest BCUT2D eigenvalue weighted by Crippen LogP contribution is 2.35. The molecule has 33 heavy (non-hydrogen) atoms. The third kappa shape index (κ3) is 3.57. The van der Waals surface area contributed by atoms with Gasteiger partial charge in [0.1, 0.15) is 10.7 Å². The molecule has 2 aromatic carbocycles. The molecule has 0 radical (unpaired) electrons. The quantitative estimate of drug-likeness (QED) is 0.154. The highest BCUT2D eigenvalue weighted by molar-refractivity contribution is 7.13. The van der Waals surface area contributed by atoms with E-state index < -0.39 is 0 Å². The largest absolute Gasteiger partial charge is 0.330 e. The summed E-state index contributed by atoms with van der Waals surface area (Å²) in [7, 11) is 3.71. The lowest BCUT2D eigenvalue weighted by Gasteiger charge is -2.09. The van der Waals surface area contributed by atoms with Gasteiger partial charge in [-0.15, -0.1) is 11.3 Å². The van der Waals surface area contributed by atoms with Crippen LogP contribution in [0, 0.1) is 0 Å². The minimum Gasteiger partial charge on any atom is -0.330 e. The van der Waals surface area contributed by atoms with Crippen molar-refractivity contribution in [3.8, 4) is 21.7 Å². The first-order valence-corrected chi connectivity index (χ1v) is 11.6. The first-order chi connectivity index (χ1) is 15.9. The smallest absolute Gasteiger partial charge is 0.259 e. The van der Waals surface area contributed by atoms with Crippen molar-refractivity contribution in [2.75, 3.05) is 0 Å². The van der Waals surface area contributed by atoms with E-state index in [1.807, 2.05) is 35.2 Å². The maximum absolute atomic E-state index is 13.2. The molecule has 164 valence electrons. The Balaban J connectivity index is 1.75. The zero-order valence-corrected chi connectivity index (χ0v) is 19.9. The van der Waals surface area contributed by atoms with Crippen molar-refractivity contribution >= 4 is 56.5 Å². The maximum Gasteiger partial charge on any atom is 0.259 e. The van der Waals surface area contributed by atoms with Gasteiger partial charge in [0.05, 0.1) is 22.8 Å². The van der Waals surface area contributed by atoms with Gasteiger partial charge >= 0.3 is 0 Å². The number of hydrogen-bond donors (Lipinski definition) is 0. The molecular formula is C23H16Cl2N6OS. The number of rotatable bonds is 4. The molecule has 0 saturated carbocycles. The first-order valence-electron chi connectivity index (χ1n) is 9.92. The molecule has 0 atom stereocenters. The maximum atomic E-state index is 13.2. The van der Waals surface area contributed by atoms with Gasteiger partial charge in [-0.3, -0.25) is 9.36 Å². The summed E-state index contributed by atoms with van der Waals surface area (Å²) in [5.74, 6) is 0. The molecule has 0 fully saturated rings. The third-order valence-corrected chi connectivity index (χ3v) is 7.15. The number of pyridine rings is 1. The van der Waals surface area contributed by atoms with E-state index in [0.717, 1.165) is 38.2 Å². The summed E-state index contributed by atoms with van der Waals surface area (Å²) in [6.07, 6.45) is 0. The van der Waals surface area contributed by atoms with E-state index in [4.69, 9.17) is 28.7 Å². The molecule has 10 heteroatoms. The van der Waals surface area contributed by atoms with Crippen LogP contribution in [0.1, 0.15) is 5.69 Å². The number of thiazole rings is 1. The van der Waals surface area contributed by atoms with E-state index in [1.54, 1.807) is 29.8 Å². The van der Waals surface area contributed by atoms with Crippen LogP contribution in [0.25, 0.3) is 54.1 Å². The highest BCUT2D eigenvalue weighted by atomic mass is 35.5. The molecule has 0 aliphatic carbocycles. The van der Waals surface area contributed by atoms with E-state index in [2.05, 4.69) is 21.1 Å². The minimum atomic E-state index is -0.138. The lowest BCUT2D eigenvalue weighted by Crippen LogP contribution is -2.20. The van der Waals surface area contributed by atoms with Gasteiger partial charge < -0.3 is 4.57 Å². The molecule has 0 bridgehead atoms. The Morgan fingerprint density at radius 3 is 2.64 bits per heavy atom. The molecule has 0 aliphatic heterocycles. The van der Waals surface area contributed by atoms with Crippen molar-refractivity contribution in [1.29, 1.82) is 0 Å². The number of benzene rings is 2. The van der Waals surface area contributed by atoms with Crippen LogP contribution in [-0.2, 0) is 20.6 Å². The Bertz CT molecular complexity index is 1680. The number of nitrogens with zero attached hydrogens (tertiary/aromatic N) is 6. The van der Waals surface area contributed by atoms with Crippen LogP contribution in [0.4, 0.5) is 0 Å². The normalized spacial score (nSPS) is 11.3. The van der Waals surface area contributed by atoms with Gasteiger partial charge in [-0.2, -0.15) is 0 Å². The summed E-state index contributed by atoms with van der Waals surface area (Å²) in [5.41, 5.74) is 13.0. The first kappa shape index (κ1) is 21.6. The Hall–Kier alpha value is -3.29. The second-order valence-corrected chi connectivity index (χ2v) is 9.31. The summed E-state index contributed by atoms with van der Waals surface area (Å²) in [6.45, 7) is 0.219. The van der Waals surface area contributed by atoms with Gasteiger partial charge in [-0.25, -0.2) is 4.98 Å². The summed E-state index contributed by atoms with van der Waals surface area (Å²) < 4.78 is 3.66. The molecule has 5 aromatic rings. The monoisotopic (exact) mass is 494 g/mol. The van der Waals surface area contributed by atoms with Crippen LogP contribution in [0.15, 0.2) is 57.8 Å². The van der Waals surface area contributed by atoms with Crippen LogP contribution < -0.4 is 5.56 Å². The number of aromatic nitrogens is 3.